The molecule has 0 bridgehead atoms. The van der Waals surface area contributed by atoms with Crippen LogP contribution in [0.15, 0.2) is 0 Å². The number of rotatable bonds is 4. The number of carbonyl (C=O) groups is 2. The van der Waals surface area contributed by atoms with Crippen LogP contribution in [-0.4, -0.2) is 43.5 Å². The Balaban J connectivity index is 0. The number of ether oxygens (including phenoxy) is 1. The van der Waals surface area contributed by atoms with Gasteiger partial charge in [-0.3, -0.25) is 14.1 Å². The van der Waals surface area contributed by atoms with Crippen molar-refractivity contribution in [2.45, 2.75) is 13.3 Å². The zero-order valence-electron chi connectivity index (χ0n) is 8.40. The van der Waals surface area contributed by atoms with Crippen molar-refractivity contribution in [1.29, 1.82) is 0 Å². The van der Waals surface area contributed by atoms with Crippen LogP contribution in [0.3, 0.4) is 0 Å². The van der Waals surface area contributed by atoms with Crippen LogP contribution in [0.2, 0.25) is 0 Å². The van der Waals surface area contributed by atoms with E-state index in [4.69, 9.17) is 16.2 Å². The highest BCUT2D eigenvalue weighted by Crippen LogP contribution is 1.90. The Morgan fingerprint density at radius 2 is 1.80 bits per heavy atom. The number of hydrogen-bond donors (Lipinski definition) is 1. The Morgan fingerprint density at radius 3 is 2.07 bits per heavy atom. The van der Waals surface area contributed by atoms with Gasteiger partial charge in [-0.15, -0.1) is 11.6 Å². The summed E-state index contributed by atoms with van der Waals surface area (Å²) < 4.78 is 30.4. The van der Waals surface area contributed by atoms with E-state index in [1.807, 2.05) is 0 Å². The largest absolute Gasteiger partial charge is 0.466 e. The predicted octanol–water partition coefficient (Wildman–Crippen LogP) is 0.252. The minimum absolute atomic E-state index is 0.126. The summed E-state index contributed by atoms with van der Waals surface area (Å²) in [6.07, 6.45) is 0.504. The predicted molar refractivity (Wildman–Crippen MR) is 54.4 cm³/mol. The van der Waals surface area contributed by atoms with Gasteiger partial charge >= 0.3 is 5.97 Å². The Labute approximate surface area is 93.3 Å². The van der Waals surface area contributed by atoms with E-state index in [0.717, 1.165) is 0 Å². The van der Waals surface area contributed by atoms with E-state index in [2.05, 4.69) is 4.74 Å². The maximum atomic E-state index is 10.5. The Bertz CT molecular complexity index is 289. The van der Waals surface area contributed by atoms with Crippen molar-refractivity contribution in [1.82, 2.24) is 0 Å². The van der Waals surface area contributed by atoms with Gasteiger partial charge in [-0.25, -0.2) is 0 Å². The van der Waals surface area contributed by atoms with Gasteiger partial charge in [0.1, 0.15) is 6.42 Å². The van der Waals surface area contributed by atoms with Crippen LogP contribution in [0.25, 0.3) is 0 Å². The lowest BCUT2D eigenvalue weighted by atomic mass is 10.3. The molecule has 0 fully saturated rings. The lowest BCUT2D eigenvalue weighted by Crippen LogP contribution is -2.11. The number of ketones is 1. The van der Waals surface area contributed by atoms with Crippen LogP contribution >= 0.6 is 11.6 Å². The standard InChI is InChI=1S/C6H9ClO3.CH4O3S/c1-2-10-6(9)3-5(8)4-7;1-5(2,3)4/h2-4H2,1H3;1H3,(H,2,3,4). The molecule has 0 aromatic rings. The molecular weight excluding hydrogens is 248 g/mol. The summed E-state index contributed by atoms with van der Waals surface area (Å²) in [5.74, 6) is -0.938. The van der Waals surface area contributed by atoms with Crippen molar-refractivity contribution in [2.24, 2.45) is 0 Å². The first-order chi connectivity index (χ1) is 6.70. The molecule has 8 heteroatoms. The van der Waals surface area contributed by atoms with Gasteiger partial charge in [-0.1, -0.05) is 0 Å². The maximum absolute atomic E-state index is 10.5. The van der Waals surface area contributed by atoms with Crippen molar-refractivity contribution in [2.75, 3.05) is 18.7 Å². The number of carbonyl (C=O) groups excluding carboxylic acids is 2. The van der Waals surface area contributed by atoms with Crippen molar-refractivity contribution in [3.05, 3.63) is 0 Å². The number of halogens is 1. The minimum Gasteiger partial charge on any atom is -0.466 e. The zero-order valence-corrected chi connectivity index (χ0v) is 9.97. The van der Waals surface area contributed by atoms with Crippen molar-refractivity contribution in [3.8, 4) is 0 Å². The molecule has 0 spiro atoms. The zero-order chi connectivity index (χ0) is 12.5. The maximum Gasteiger partial charge on any atom is 0.313 e. The fraction of sp³-hybridized carbons (Fsp3) is 0.714. The third-order valence-electron chi connectivity index (χ3n) is 0.796. The van der Waals surface area contributed by atoms with E-state index in [9.17, 15) is 18.0 Å². The molecule has 0 aliphatic heterocycles. The van der Waals surface area contributed by atoms with E-state index in [1.165, 1.54) is 0 Å². The molecule has 0 saturated carbocycles. The molecule has 0 rings (SSSR count). The molecule has 0 heterocycles. The van der Waals surface area contributed by atoms with Gasteiger partial charge in [-0.2, -0.15) is 8.42 Å². The highest BCUT2D eigenvalue weighted by atomic mass is 35.5. The molecule has 0 saturated heterocycles. The average Bonchev–Trinajstić information content (AvgIpc) is 2.01. The molecule has 0 unspecified atom stereocenters. The molecule has 0 radical (unpaired) electrons. The first-order valence-corrected chi connectivity index (χ1v) is 6.24. The van der Waals surface area contributed by atoms with Crippen LogP contribution in [0.5, 0.6) is 0 Å². The van der Waals surface area contributed by atoms with Gasteiger partial charge in [-0.05, 0) is 6.92 Å². The third-order valence-corrected chi connectivity index (χ3v) is 1.09. The van der Waals surface area contributed by atoms with Gasteiger partial charge in [0.25, 0.3) is 10.1 Å². The van der Waals surface area contributed by atoms with Crippen LogP contribution in [0.4, 0.5) is 0 Å². The molecule has 15 heavy (non-hydrogen) atoms. The van der Waals surface area contributed by atoms with E-state index in [0.29, 0.717) is 12.9 Å². The minimum atomic E-state index is -3.67. The van der Waals surface area contributed by atoms with Gasteiger partial charge < -0.3 is 4.74 Å². The van der Waals surface area contributed by atoms with Crippen molar-refractivity contribution >= 4 is 33.5 Å². The van der Waals surface area contributed by atoms with Gasteiger partial charge in [0, 0.05) is 0 Å². The van der Waals surface area contributed by atoms with Crippen molar-refractivity contribution < 1.29 is 27.3 Å². The summed E-state index contributed by atoms with van der Waals surface area (Å²) in [6, 6.07) is 0. The molecule has 6 nitrogen and oxygen atoms in total. The summed E-state index contributed by atoms with van der Waals surface area (Å²) in [4.78, 5) is 21.0. The van der Waals surface area contributed by atoms with E-state index in [1.54, 1.807) is 6.92 Å². The fourth-order valence-electron chi connectivity index (χ4n) is 0.420. The summed E-state index contributed by atoms with van der Waals surface area (Å²) in [7, 11) is -3.67. The first-order valence-electron chi connectivity index (χ1n) is 3.86. The molecule has 90 valence electrons. The summed E-state index contributed by atoms with van der Waals surface area (Å²) in [5.41, 5.74) is 0. The highest BCUT2D eigenvalue weighted by molar-refractivity contribution is 7.85. The van der Waals surface area contributed by atoms with Crippen LogP contribution in [0.1, 0.15) is 13.3 Å². The summed E-state index contributed by atoms with van der Waals surface area (Å²) in [6.45, 7) is 1.98. The van der Waals surface area contributed by atoms with Crippen LogP contribution < -0.4 is 0 Å². The number of Topliss-reactive ketones (excluding diaryl/α,β-unsaturated/α-hetero) is 1. The molecule has 0 aliphatic carbocycles. The highest BCUT2D eigenvalue weighted by Gasteiger charge is 2.07. The monoisotopic (exact) mass is 260 g/mol. The van der Waals surface area contributed by atoms with Crippen LogP contribution in [0, 0.1) is 0 Å². The second kappa shape index (κ2) is 8.63. The molecule has 0 aromatic carbocycles. The smallest absolute Gasteiger partial charge is 0.313 e. The third kappa shape index (κ3) is 24.7. The molecule has 0 aromatic heterocycles. The van der Waals surface area contributed by atoms with E-state index >= 15 is 0 Å². The SMILES string of the molecule is CCOC(=O)CC(=O)CCl.CS(=O)(=O)O. The lowest BCUT2D eigenvalue weighted by Gasteiger charge is -1.97. The quantitative estimate of drug-likeness (QED) is 0.337. The Morgan fingerprint density at radius 1 is 1.40 bits per heavy atom. The van der Waals surface area contributed by atoms with Gasteiger partial charge in [0.2, 0.25) is 0 Å². The average molecular weight is 261 g/mol. The normalized spacial score (nSPS) is 9.87. The van der Waals surface area contributed by atoms with Gasteiger partial charge in [0.15, 0.2) is 5.78 Å². The van der Waals surface area contributed by atoms with Gasteiger partial charge in [0.05, 0.1) is 18.7 Å². The number of esters is 1. The van der Waals surface area contributed by atoms with E-state index in [-0.39, 0.29) is 18.1 Å². The second-order valence-corrected chi connectivity index (χ2v) is 4.12. The topological polar surface area (TPSA) is 97.7 Å². The second-order valence-electron chi connectivity index (χ2n) is 2.39. The van der Waals surface area contributed by atoms with Crippen molar-refractivity contribution in [3.63, 3.8) is 0 Å². The number of hydrogen-bond acceptors (Lipinski definition) is 5. The first kappa shape index (κ1) is 16.8. The number of alkyl halides is 1. The summed E-state index contributed by atoms with van der Waals surface area (Å²) >= 11 is 5.14. The van der Waals surface area contributed by atoms with Crippen LogP contribution in [-0.2, 0) is 24.4 Å². The Kier molecular flexibility index (Phi) is 9.64. The summed E-state index contributed by atoms with van der Waals surface area (Å²) in [5, 5.41) is 0. The van der Waals surface area contributed by atoms with E-state index < -0.39 is 16.1 Å². The molecular formula is C7H13ClO6S. The molecule has 0 aliphatic rings. The molecule has 0 amide bonds. The fourth-order valence-corrected chi connectivity index (χ4v) is 0.515. The molecule has 1 N–H and O–H groups in total. The lowest BCUT2D eigenvalue weighted by molar-refractivity contribution is -0.145. The molecule has 0 atom stereocenters. The Hall–Kier alpha value is -0.660.